The molecule has 2 atom stereocenters. The van der Waals surface area contributed by atoms with E-state index in [-0.39, 0.29) is 40.5 Å². The van der Waals surface area contributed by atoms with Gasteiger partial charge in [0.05, 0.1) is 36.2 Å². The number of amides is 2. The van der Waals surface area contributed by atoms with Gasteiger partial charge in [-0.05, 0) is 31.9 Å². The zero-order valence-electron chi connectivity index (χ0n) is 13.6. The Morgan fingerprint density at radius 2 is 2.20 bits per heavy atom. The first-order chi connectivity index (χ1) is 11.9. The molecule has 2 amide bonds. The summed E-state index contributed by atoms with van der Waals surface area (Å²) in [6.07, 6.45) is 2.79. The summed E-state index contributed by atoms with van der Waals surface area (Å²) >= 11 is 4.25. The fourth-order valence-electron chi connectivity index (χ4n) is 2.82. The predicted octanol–water partition coefficient (Wildman–Crippen LogP) is 2.95. The third-order valence-corrected chi connectivity index (χ3v) is 6.28. The maximum atomic E-state index is 13.0. The number of halogens is 2. The standard InChI is InChI=1S/C16H19ClFN3O3S/c1-9-3-2-4-12(9)19-16(23)20-13-6-5-11(17)15(14(13)22)25(24)21-7-10(18)8-21/h3,5-6,10,12,22H,2,4,7-8H2,1H3,(H2,19,20,23). The maximum Gasteiger partial charge on any atom is 0.319 e. The average Bonchev–Trinajstić information content (AvgIpc) is 2.92. The molecule has 1 heterocycles. The second-order valence-corrected chi connectivity index (χ2v) is 7.97. The van der Waals surface area contributed by atoms with Crippen molar-refractivity contribution in [1.29, 1.82) is 0 Å². The Bertz CT molecular complexity index is 712. The Labute approximate surface area is 153 Å². The van der Waals surface area contributed by atoms with Crippen molar-refractivity contribution < 1.29 is 18.8 Å². The van der Waals surface area contributed by atoms with Crippen molar-refractivity contribution in [2.24, 2.45) is 0 Å². The SMILES string of the molecule is CC1=CCCC1NC(=O)Nc1ccc(Cl)c([S+]([O-])N2CC(F)C2)c1O. The van der Waals surface area contributed by atoms with Crippen LogP contribution in [0.5, 0.6) is 5.75 Å². The van der Waals surface area contributed by atoms with Crippen LogP contribution in [0.1, 0.15) is 19.8 Å². The van der Waals surface area contributed by atoms with Gasteiger partial charge in [0.2, 0.25) is 4.90 Å². The highest BCUT2D eigenvalue weighted by Gasteiger charge is 2.39. The van der Waals surface area contributed by atoms with E-state index in [4.69, 9.17) is 11.6 Å². The Kier molecular flexibility index (Phi) is 5.43. The number of phenolic OH excluding ortho intramolecular Hbond substituents is 1. The predicted molar refractivity (Wildman–Crippen MR) is 94.9 cm³/mol. The number of rotatable bonds is 4. The molecule has 9 heteroatoms. The van der Waals surface area contributed by atoms with E-state index in [9.17, 15) is 18.8 Å². The van der Waals surface area contributed by atoms with Gasteiger partial charge in [0, 0.05) is 0 Å². The second kappa shape index (κ2) is 7.41. The van der Waals surface area contributed by atoms with E-state index in [0.29, 0.717) is 0 Å². The Balaban J connectivity index is 1.72. The van der Waals surface area contributed by atoms with Crippen molar-refractivity contribution >= 4 is 34.7 Å². The lowest BCUT2D eigenvalue weighted by molar-refractivity contribution is 0.141. The first-order valence-electron chi connectivity index (χ1n) is 7.93. The fraction of sp³-hybridized carbons (Fsp3) is 0.438. The molecule has 136 valence electrons. The first-order valence-corrected chi connectivity index (χ1v) is 9.42. The molecule has 6 nitrogen and oxygen atoms in total. The highest BCUT2D eigenvalue weighted by molar-refractivity contribution is 7.89. The van der Waals surface area contributed by atoms with Crippen LogP contribution in [0, 0.1) is 0 Å². The summed E-state index contributed by atoms with van der Waals surface area (Å²) < 4.78 is 26.8. The minimum absolute atomic E-state index is 0.0216. The van der Waals surface area contributed by atoms with E-state index < -0.39 is 23.6 Å². The van der Waals surface area contributed by atoms with Crippen LogP contribution in [0.3, 0.4) is 0 Å². The molecule has 1 fully saturated rings. The maximum absolute atomic E-state index is 13.0. The van der Waals surface area contributed by atoms with Gasteiger partial charge in [0.25, 0.3) is 0 Å². The summed E-state index contributed by atoms with van der Waals surface area (Å²) in [7, 11) is 0. The van der Waals surface area contributed by atoms with Crippen LogP contribution in [0.25, 0.3) is 0 Å². The molecule has 2 unspecified atom stereocenters. The monoisotopic (exact) mass is 387 g/mol. The number of nitrogens with zero attached hydrogens (tertiary/aromatic N) is 1. The molecule has 1 aromatic carbocycles. The van der Waals surface area contributed by atoms with Crippen molar-refractivity contribution in [1.82, 2.24) is 9.62 Å². The molecule has 0 saturated carbocycles. The molecule has 0 radical (unpaired) electrons. The zero-order valence-corrected chi connectivity index (χ0v) is 15.2. The van der Waals surface area contributed by atoms with Gasteiger partial charge in [-0.2, -0.15) is 0 Å². The summed E-state index contributed by atoms with van der Waals surface area (Å²) in [4.78, 5) is 12.1. The van der Waals surface area contributed by atoms with Gasteiger partial charge in [0.15, 0.2) is 5.75 Å². The molecule has 1 saturated heterocycles. The van der Waals surface area contributed by atoms with Crippen LogP contribution in [-0.2, 0) is 11.4 Å². The van der Waals surface area contributed by atoms with Crippen molar-refractivity contribution in [3.63, 3.8) is 0 Å². The lowest BCUT2D eigenvalue weighted by Gasteiger charge is -2.33. The van der Waals surface area contributed by atoms with Gasteiger partial charge in [0.1, 0.15) is 11.2 Å². The summed E-state index contributed by atoms with van der Waals surface area (Å²) in [5, 5.41) is 15.9. The number of alkyl halides is 1. The summed E-state index contributed by atoms with van der Waals surface area (Å²) in [6.45, 7) is 1.99. The molecule has 1 aromatic rings. The molecule has 1 aliphatic heterocycles. The van der Waals surface area contributed by atoms with E-state index in [2.05, 4.69) is 16.7 Å². The Hall–Kier alpha value is -1.48. The smallest absolute Gasteiger partial charge is 0.319 e. The number of allylic oxidation sites excluding steroid dienone is 1. The number of carbonyl (C=O) groups excluding carboxylic acids is 1. The summed E-state index contributed by atoms with van der Waals surface area (Å²) in [6, 6.07) is 2.37. The molecule has 0 spiro atoms. The van der Waals surface area contributed by atoms with Crippen LogP contribution in [-0.4, -0.2) is 45.3 Å². The van der Waals surface area contributed by atoms with Crippen molar-refractivity contribution in [2.45, 2.75) is 36.9 Å². The number of aromatic hydroxyl groups is 1. The highest BCUT2D eigenvalue weighted by Crippen LogP contribution is 2.39. The number of hydrogen-bond acceptors (Lipinski definition) is 4. The lowest BCUT2D eigenvalue weighted by atomic mass is 10.2. The van der Waals surface area contributed by atoms with Crippen LogP contribution in [0.2, 0.25) is 5.02 Å². The van der Waals surface area contributed by atoms with E-state index in [1.54, 1.807) is 0 Å². The van der Waals surface area contributed by atoms with Gasteiger partial charge in [-0.3, -0.25) is 0 Å². The van der Waals surface area contributed by atoms with Crippen molar-refractivity contribution in [3.05, 3.63) is 28.8 Å². The van der Waals surface area contributed by atoms with E-state index in [1.165, 1.54) is 16.4 Å². The topological polar surface area (TPSA) is 87.7 Å². The molecule has 1 aliphatic carbocycles. The first kappa shape index (κ1) is 18.3. The van der Waals surface area contributed by atoms with E-state index >= 15 is 0 Å². The number of nitrogens with one attached hydrogen (secondary N) is 2. The second-order valence-electron chi connectivity index (χ2n) is 6.14. The van der Waals surface area contributed by atoms with Gasteiger partial charge in [-0.25, -0.2) is 9.18 Å². The van der Waals surface area contributed by atoms with Crippen LogP contribution >= 0.6 is 11.6 Å². The number of urea groups is 1. The van der Waals surface area contributed by atoms with E-state index in [1.807, 2.05) is 6.92 Å². The van der Waals surface area contributed by atoms with Gasteiger partial charge in [-0.1, -0.05) is 23.3 Å². The number of anilines is 1. The zero-order chi connectivity index (χ0) is 18.1. The number of benzene rings is 1. The number of hydrogen-bond donors (Lipinski definition) is 3. The quantitative estimate of drug-likeness (QED) is 0.421. The largest absolute Gasteiger partial charge is 0.593 e. The summed E-state index contributed by atoms with van der Waals surface area (Å²) in [5.74, 6) is -0.373. The minimum atomic E-state index is -1.79. The molecule has 3 rings (SSSR count). The summed E-state index contributed by atoms with van der Waals surface area (Å²) in [5.41, 5.74) is 1.19. The minimum Gasteiger partial charge on any atom is -0.593 e. The average molecular weight is 388 g/mol. The third kappa shape index (κ3) is 3.87. The van der Waals surface area contributed by atoms with Crippen LogP contribution in [0.4, 0.5) is 14.9 Å². The van der Waals surface area contributed by atoms with Gasteiger partial charge in [-0.15, -0.1) is 4.31 Å². The van der Waals surface area contributed by atoms with Crippen LogP contribution < -0.4 is 10.6 Å². The lowest BCUT2D eigenvalue weighted by Crippen LogP contribution is -2.51. The molecule has 2 aliphatic rings. The highest BCUT2D eigenvalue weighted by atomic mass is 35.5. The Morgan fingerprint density at radius 3 is 2.80 bits per heavy atom. The fourth-order valence-corrected chi connectivity index (χ4v) is 4.53. The molecule has 0 bridgehead atoms. The number of phenols is 1. The van der Waals surface area contributed by atoms with Gasteiger partial charge >= 0.3 is 6.03 Å². The Morgan fingerprint density at radius 1 is 1.48 bits per heavy atom. The van der Waals surface area contributed by atoms with Gasteiger partial charge < -0.3 is 20.3 Å². The molecule has 0 aromatic heterocycles. The number of carbonyl (C=O) groups is 1. The van der Waals surface area contributed by atoms with Crippen molar-refractivity contribution in [2.75, 3.05) is 18.4 Å². The van der Waals surface area contributed by atoms with E-state index in [0.717, 1.165) is 18.4 Å². The van der Waals surface area contributed by atoms with Crippen LogP contribution in [0.15, 0.2) is 28.7 Å². The molecular formula is C16H19ClFN3O3S. The normalized spacial score (nSPS) is 22.2. The molecule has 25 heavy (non-hydrogen) atoms. The third-order valence-electron chi connectivity index (χ3n) is 4.32. The van der Waals surface area contributed by atoms with Crippen molar-refractivity contribution in [3.8, 4) is 5.75 Å². The molecular weight excluding hydrogens is 369 g/mol. The molecule has 3 N–H and O–H groups in total.